The van der Waals surface area contributed by atoms with Crippen LogP contribution in [0.3, 0.4) is 0 Å². The number of hydrogen-bond acceptors (Lipinski definition) is 3. The lowest BCUT2D eigenvalue weighted by Crippen LogP contribution is -2.40. The average molecular weight is 257 g/mol. The fraction of sp³-hybridized carbons (Fsp3) is 0.538. The first-order valence-corrected chi connectivity index (χ1v) is 5.86. The average Bonchev–Trinajstić information content (AvgIpc) is 2.37. The molecule has 0 radical (unpaired) electrons. The van der Waals surface area contributed by atoms with Crippen LogP contribution in [0, 0.1) is 5.41 Å². The predicted molar refractivity (Wildman–Crippen MR) is 64.2 cm³/mol. The van der Waals surface area contributed by atoms with Crippen LogP contribution in [0.1, 0.15) is 19.4 Å². The monoisotopic (exact) mass is 257 g/mol. The Morgan fingerprint density at radius 1 is 1.17 bits per heavy atom. The molecule has 0 saturated heterocycles. The Hall–Kier alpha value is -1.36. The zero-order chi connectivity index (χ0) is 13.4. The molecule has 100 valence electrons. The van der Waals surface area contributed by atoms with Gasteiger partial charge in [0.1, 0.15) is 13.2 Å². The summed E-state index contributed by atoms with van der Waals surface area (Å²) in [6.45, 7) is 3.61. The summed E-state index contributed by atoms with van der Waals surface area (Å²) in [7, 11) is 0. The van der Waals surface area contributed by atoms with Gasteiger partial charge in [-0.05, 0) is 18.2 Å². The van der Waals surface area contributed by atoms with E-state index in [4.69, 9.17) is 15.2 Å². The first-order valence-electron chi connectivity index (χ1n) is 5.86. The summed E-state index contributed by atoms with van der Waals surface area (Å²) in [4.78, 5) is 0. The van der Waals surface area contributed by atoms with Crippen LogP contribution in [0.4, 0.5) is 8.78 Å². The molecular formula is C13H17F2NO2. The summed E-state index contributed by atoms with van der Waals surface area (Å²) in [6, 6.07) is 4.22. The topological polar surface area (TPSA) is 44.5 Å². The molecule has 2 N–H and O–H groups in total. The molecule has 1 heterocycles. The highest BCUT2D eigenvalue weighted by atomic mass is 19.3. The SMILES string of the molecule is CC(C)(CN)C(F)(F)c1ccc2c(c1)OCCO2. The summed E-state index contributed by atoms with van der Waals surface area (Å²) in [5.74, 6) is -2.14. The van der Waals surface area contributed by atoms with Crippen molar-refractivity contribution in [2.75, 3.05) is 19.8 Å². The summed E-state index contributed by atoms with van der Waals surface area (Å²) in [5.41, 5.74) is 4.03. The third-order valence-corrected chi connectivity index (χ3v) is 3.27. The first kappa shape index (κ1) is 13.1. The van der Waals surface area contributed by atoms with Crippen molar-refractivity contribution in [1.82, 2.24) is 0 Å². The maximum Gasteiger partial charge on any atom is 0.279 e. The highest BCUT2D eigenvalue weighted by Gasteiger charge is 2.47. The molecule has 1 aromatic carbocycles. The van der Waals surface area contributed by atoms with Gasteiger partial charge in [0.15, 0.2) is 11.5 Å². The molecule has 0 aromatic heterocycles. The zero-order valence-corrected chi connectivity index (χ0v) is 10.5. The molecule has 0 spiro atoms. The van der Waals surface area contributed by atoms with Crippen LogP contribution in [0.15, 0.2) is 18.2 Å². The molecular weight excluding hydrogens is 240 g/mol. The molecule has 0 atom stereocenters. The third kappa shape index (κ3) is 2.03. The van der Waals surface area contributed by atoms with E-state index in [1.54, 1.807) is 0 Å². The van der Waals surface area contributed by atoms with Gasteiger partial charge in [0.05, 0.1) is 0 Å². The van der Waals surface area contributed by atoms with E-state index >= 15 is 0 Å². The molecule has 0 bridgehead atoms. The highest BCUT2D eigenvalue weighted by Crippen LogP contribution is 2.46. The normalized spacial score (nSPS) is 15.6. The van der Waals surface area contributed by atoms with Gasteiger partial charge in [0.25, 0.3) is 5.92 Å². The van der Waals surface area contributed by atoms with Crippen LogP contribution in [0.2, 0.25) is 0 Å². The molecule has 1 aliphatic rings. The van der Waals surface area contributed by atoms with Crippen LogP contribution in [-0.2, 0) is 5.92 Å². The standard InChI is InChI=1S/C13H17F2NO2/c1-12(2,8-16)13(14,15)9-3-4-10-11(7-9)18-6-5-17-10/h3-4,7H,5-6,8,16H2,1-2H3. The third-order valence-electron chi connectivity index (χ3n) is 3.27. The molecule has 1 aliphatic heterocycles. The highest BCUT2D eigenvalue weighted by molar-refractivity contribution is 5.45. The Morgan fingerprint density at radius 3 is 2.39 bits per heavy atom. The van der Waals surface area contributed by atoms with Crippen molar-refractivity contribution in [3.8, 4) is 11.5 Å². The van der Waals surface area contributed by atoms with E-state index in [2.05, 4.69) is 0 Å². The molecule has 0 unspecified atom stereocenters. The van der Waals surface area contributed by atoms with E-state index in [0.29, 0.717) is 24.7 Å². The molecule has 5 heteroatoms. The van der Waals surface area contributed by atoms with E-state index in [1.807, 2.05) is 0 Å². The van der Waals surface area contributed by atoms with Gasteiger partial charge < -0.3 is 15.2 Å². The van der Waals surface area contributed by atoms with Crippen molar-refractivity contribution >= 4 is 0 Å². The molecule has 18 heavy (non-hydrogen) atoms. The molecule has 3 nitrogen and oxygen atoms in total. The van der Waals surface area contributed by atoms with Crippen LogP contribution in [-0.4, -0.2) is 19.8 Å². The van der Waals surface area contributed by atoms with Gasteiger partial charge >= 0.3 is 0 Å². The number of alkyl halides is 2. The fourth-order valence-electron chi connectivity index (χ4n) is 1.76. The van der Waals surface area contributed by atoms with E-state index in [-0.39, 0.29) is 12.1 Å². The smallest absolute Gasteiger partial charge is 0.279 e. The number of rotatable bonds is 3. The van der Waals surface area contributed by atoms with E-state index in [1.165, 1.54) is 32.0 Å². The second kappa shape index (κ2) is 4.39. The Kier molecular flexibility index (Phi) is 3.19. The van der Waals surface area contributed by atoms with Crippen LogP contribution >= 0.6 is 0 Å². The largest absolute Gasteiger partial charge is 0.486 e. The van der Waals surface area contributed by atoms with Crippen LogP contribution in [0.5, 0.6) is 11.5 Å². The number of hydrogen-bond donors (Lipinski definition) is 1. The lowest BCUT2D eigenvalue weighted by molar-refractivity contribution is -0.109. The zero-order valence-electron chi connectivity index (χ0n) is 10.5. The minimum Gasteiger partial charge on any atom is -0.486 e. The maximum atomic E-state index is 14.3. The lowest BCUT2D eigenvalue weighted by Gasteiger charge is -2.33. The van der Waals surface area contributed by atoms with E-state index in [9.17, 15) is 8.78 Å². The minimum atomic E-state index is -3.02. The van der Waals surface area contributed by atoms with Gasteiger partial charge in [-0.25, -0.2) is 8.78 Å². The van der Waals surface area contributed by atoms with Crippen molar-refractivity contribution in [1.29, 1.82) is 0 Å². The molecule has 0 fully saturated rings. The predicted octanol–water partition coefficient (Wildman–Crippen LogP) is 2.53. The van der Waals surface area contributed by atoms with Crippen LogP contribution < -0.4 is 15.2 Å². The van der Waals surface area contributed by atoms with E-state index < -0.39 is 11.3 Å². The van der Waals surface area contributed by atoms with Crippen molar-refractivity contribution in [3.05, 3.63) is 23.8 Å². The van der Waals surface area contributed by atoms with Gasteiger partial charge in [-0.3, -0.25) is 0 Å². The summed E-state index contributed by atoms with van der Waals surface area (Å²) < 4.78 is 39.3. The minimum absolute atomic E-state index is 0.0952. The van der Waals surface area contributed by atoms with Gasteiger partial charge in [0, 0.05) is 17.5 Å². The van der Waals surface area contributed by atoms with Gasteiger partial charge in [0.2, 0.25) is 0 Å². The second-order valence-corrected chi connectivity index (χ2v) is 5.02. The molecule has 0 saturated carbocycles. The van der Waals surface area contributed by atoms with Crippen molar-refractivity contribution in [3.63, 3.8) is 0 Å². The summed E-state index contributed by atoms with van der Waals surface area (Å²) in [6.07, 6.45) is 0. The lowest BCUT2D eigenvalue weighted by atomic mass is 9.81. The molecule has 2 rings (SSSR count). The number of ether oxygens (including phenoxy) is 2. The Balaban J connectivity index is 2.39. The number of halogens is 2. The van der Waals surface area contributed by atoms with Crippen molar-refractivity contribution in [2.45, 2.75) is 19.8 Å². The maximum absolute atomic E-state index is 14.3. The van der Waals surface area contributed by atoms with Gasteiger partial charge in [-0.15, -0.1) is 0 Å². The number of fused-ring (bicyclic) bond motifs is 1. The molecule has 0 amide bonds. The van der Waals surface area contributed by atoms with Crippen LogP contribution in [0.25, 0.3) is 0 Å². The Morgan fingerprint density at radius 2 is 1.78 bits per heavy atom. The second-order valence-electron chi connectivity index (χ2n) is 5.02. The fourth-order valence-corrected chi connectivity index (χ4v) is 1.76. The number of benzene rings is 1. The van der Waals surface area contributed by atoms with Crippen molar-refractivity contribution in [2.24, 2.45) is 11.1 Å². The van der Waals surface area contributed by atoms with Crippen molar-refractivity contribution < 1.29 is 18.3 Å². The summed E-state index contributed by atoms with van der Waals surface area (Å²) in [5, 5.41) is 0. The van der Waals surface area contributed by atoms with Gasteiger partial charge in [-0.2, -0.15) is 0 Å². The Bertz CT molecular complexity index is 447. The van der Waals surface area contributed by atoms with E-state index in [0.717, 1.165) is 0 Å². The summed E-state index contributed by atoms with van der Waals surface area (Å²) >= 11 is 0. The first-order chi connectivity index (χ1) is 8.38. The Labute approximate surface area is 105 Å². The quantitative estimate of drug-likeness (QED) is 0.905. The number of nitrogens with two attached hydrogens (primary N) is 1. The van der Waals surface area contributed by atoms with Gasteiger partial charge in [-0.1, -0.05) is 13.8 Å². The molecule has 0 aliphatic carbocycles. The molecule has 1 aromatic rings.